The molecule has 172 valence electrons. The molecular formula is C17H18N4O9S2. The molecule has 0 aliphatic heterocycles. The Balaban J connectivity index is 2.59. The van der Waals surface area contributed by atoms with Crippen LogP contribution in [0.25, 0.3) is 0 Å². The van der Waals surface area contributed by atoms with Crippen LogP contribution in [0.5, 0.6) is 11.5 Å². The number of sulfonamides is 2. The van der Waals surface area contributed by atoms with Crippen LogP contribution < -0.4 is 20.9 Å². The highest BCUT2D eigenvalue weighted by molar-refractivity contribution is 7.91. The van der Waals surface area contributed by atoms with E-state index in [9.17, 15) is 31.2 Å². The van der Waals surface area contributed by atoms with Gasteiger partial charge in [0, 0.05) is 0 Å². The number of ether oxygens (including phenoxy) is 2. The maximum Gasteiger partial charge on any atom is 0.365 e. The predicted octanol–water partition coefficient (Wildman–Crippen LogP) is 0.663. The Kier molecular flexibility index (Phi) is 6.95. The maximum atomic E-state index is 12.9. The van der Waals surface area contributed by atoms with Crippen LogP contribution in [0, 0.1) is 0 Å². The first-order chi connectivity index (χ1) is 14.9. The number of nitrogens with zero attached hydrogens (tertiary/aromatic N) is 2. The van der Waals surface area contributed by atoms with Crippen LogP contribution in [-0.2, 0) is 20.0 Å². The summed E-state index contributed by atoms with van der Waals surface area (Å²) in [5.74, 6) is 0.503. The van der Waals surface area contributed by atoms with Crippen molar-refractivity contribution in [3.05, 3.63) is 48.5 Å². The van der Waals surface area contributed by atoms with E-state index in [0.29, 0.717) is 0 Å². The van der Waals surface area contributed by atoms with Gasteiger partial charge in [0.15, 0.2) is 0 Å². The molecule has 0 fully saturated rings. The predicted molar refractivity (Wildman–Crippen MR) is 109 cm³/mol. The van der Waals surface area contributed by atoms with Crippen molar-refractivity contribution in [1.82, 2.24) is 8.61 Å². The van der Waals surface area contributed by atoms with Crippen LogP contribution >= 0.6 is 0 Å². The van der Waals surface area contributed by atoms with Crippen LogP contribution in [0.4, 0.5) is 14.4 Å². The van der Waals surface area contributed by atoms with Crippen LogP contribution in [-0.4, -0.2) is 57.8 Å². The van der Waals surface area contributed by atoms with Gasteiger partial charge >= 0.3 is 18.1 Å². The lowest BCUT2D eigenvalue weighted by Gasteiger charge is -2.25. The minimum atomic E-state index is -5.04. The summed E-state index contributed by atoms with van der Waals surface area (Å²) in [4.78, 5) is 35.4. The van der Waals surface area contributed by atoms with Crippen LogP contribution in [0.2, 0.25) is 0 Å². The molecule has 15 heteroatoms. The molecule has 0 unspecified atom stereocenters. The molecule has 0 heterocycles. The van der Waals surface area contributed by atoms with Crippen molar-refractivity contribution in [2.75, 3.05) is 14.2 Å². The average molecular weight is 486 g/mol. The first-order valence-electron chi connectivity index (χ1n) is 8.39. The number of methoxy groups -OCH3 is 2. The van der Waals surface area contributed by atoms with Crippen molar-refractivity contribution in [2.45, 2.75) is 9.79 Å². The largest absolute Gasteiger partial charge is 0.497 e. The van der Waals surface area contributed by atoms with Crippen molar-refractivity contribution in [3.63, 3.8) is 0 Å². The number of nitrogens with two attached hydrogens (primary N) is 2. The fourth-order valence-corrected chi connectivity index (χ4v) is 4.90. The Hall–Kier alpha value is -3.85. The standard InChI is InChI=1S/C17H18N4O9S2/c1-29-11-3-7-13(8-4-11)31(25,26)20(15(18)22)17(24)21(16(19)23)32(27,28)14-9-5-12(30-2)6-10-14/h3-10H,1-2H3,(H2,18,22)(H2,19,23). The number of imide groups is 2. The quantitative estimate of drug-likeness (QED) is 0.589. The number of amides is 6. The molecule has 6 amide bonds. The summed E-state index contributed by atoms with van der Waals surface area (Å²) in [6.07, 6.45) is 0. The smallest absolute Gasteiger partial charge is 0.365 e. The highest BCUT2D eigenvalue weighted by Gasteiger charge is 2.44. The second-order valence-corrected chi connectivity index (χ2v) is 9.42. The molecule has 0 bridgehead atoms. The molecule has 4 N–H and O–H groups in total. The van der Waals surface area contributed by atoms with Gasteiger partial charge < -0.3 is 20.9 Å². The lowest BCUT2D eigenvalue weighted by molar-refractivity contribution is 0.196. The summed E-state index contributed by atoms with van der Waals surface area (Å²) < 4.78 is 60.1. The fraction of sp³-hybridized carbons (Fsp3) is 0.118. The molecular weight excluding hydrogens is 468 g/mol. The Bertz CT molecular complexity index is 1140. The van der Waals surface area contributed by atoms with Gasteiger partial charge in [-0.3, -0.25) is 0 Å². The van der Waals surface area contributed by atoms with Gasteiger partial charge in [-0.15, -0.1) is 8.61 Å². The zero-order chi connectivity index (χ0) is 24.3. The van der Waals surface area contributed by atoms with Gasteiger partial charge in [0.05, 0.1) is 24.0 Å². The Morgan fingerprint density at radius 3 is 1.16 bits per heavy atom. The molecule has 0 aliphatic carbocycles. The summed E-state index contributed by atoms with van der Waals surface area (Å²) in [5, 5.41) is 0. The molecule has 2 aromatic carbocycles. The van der Waals surface area contributed by atoms with E-state index in [1.807, 2.05) is 0 Å². The molecule has 0 radical (unpaired) electrons. The number of rotatable bonds is 6. The Morgan fingerprint density at radius 2 is 0.938 bits per heavy atom. The summed E-state index contributed by atoms with van der Waals surface area (Å²) in [6.45, 7) is 0. The third-order valence-corrected chi connectivity index (χ3v) is 7.31. The van der Waals surface area contributed by atoms with E-state index in [0.717, 1.165) is 24.3 Å². The van der Waals surface area contributed by atoms with E-state index < -0.39 is 56.5 Å². The van der Waals surface area contributed by atoms with Gasteiger partial charge in [0.25, 0.3) is 20.0 Å². The summed E-state index contributed by atoms with van der Waals surface area (Å²) >= 11 is 0. The van der Waals surface area contributed by atoms with Gasteiger partial charge in [0.1, 0.15) is 11.5 Å². The number of urea groups is 3. The first-order valence-corrected chi connectivity index (χ1v) is 11.3. The molecule has 0 aromatic heterocycles. The lowest BCUT2D eigenvalue weighted by Crippen LogP contribution is -2.55. The number of carbonyl (C=O) groups is 3. The van der Waals surface area contributed by atoms with Crippen LogP contribution in [0.1, 0.15) is 0 Å². The first kappa shape index (κ1) is 24.4. The minimum absolute atomic E-state index is 0.252. The highest BCUT2D eigenvalue weighted by atomic mass is 32.2. The average Bonchev–Trinajstić information content (AvgIpc) is 2.72. The van der Waals surface area contributed by atoms with Crippen LogP contribution in [0.3, 0.4) is 0 Å². The monoisotopic (exact) mass is 486 g/mol. The Morgan fingerprint density at radius 1 is 0.656 bits per heavy atom. The molecule has 0 atom stereocenters. The second kappa shape index (κ2) is 9.11. The topological polar surface area (TPSA) is 196 Å². The van der Waals surface area contributed by atoms with E-state index in [4.69, 9.17) is 20.9 Å². The minimum Gasteiger partial charge on any atom is -0.497 e. The van der Waals surface area contributed by atoms with Crippen molar-refractivity contribution < 1.29 is 40.7 Å². The number of hydrogen-bond acceptors (Lipinski definition) is 9. The van der Waals surface area contributed by atoms with Gasteiger partial charge in [0.2, 0.25) is 0 Å². The van der Waals surface area contributed by atoms with Crippen molar-refractivity contribution in [3.8, 4) is 11.5 Å². The van der Waals surface area contributed by atoms with Crippen molar-refractivity contribution in [2.24, 2.45) is 11.5 Å². The third-order valence-electron chi connectivity index (χ3n) is 3.94. The zero-order valence-corrected chi connectivity index (χ0v) is 18.3. The van der Waals surface area contributed by atoms with E-state index in [2.05, 4.69) is 0 Å². The second-order valence-electron chi connectivity index (χ2n) is 5.85. The summed E-state index contributed by atoms with van der Waals surface area (Å²) in [5.41, 5.74) is 10.1. The number of primary amides is 2. The number of carbonyl (C=O) groups excluding carboxylic acids is 3. The summed E-state index contributed by atoms with van der Waals surface area (Å²) in [6, 6.07) is 2.86. The van der Waals surface area contributed by atoms with Gasteiger partial charge in [-0.05, 0) is 48.5 Å². The molecule has 0 spiro atoms. The molecule has 2 aromatic rings. The third kappa shape index (κ3) is 4.57. The molecule has 0 aliphatic rings. The van der Waals surface area contributed by atoms with Gasteiger partial charge in [-0.1, -0.05) is 0 Å². The van der Waals surface area contributed by atoms with E-state index in [1.165, 1.54) is 38.5 Å². The van der Waals surface area contributed by atoms with E-state index in [-0.39, 0.29) is 11.5 Å². The Labute approximate surface area is 183 Å². The lowest BCUT2D eigenvalue weighted by atomic mass is 10.3. The van der Waals surface area contributed by atoms with E-state index >= 15 is 0 Å². The van der Waals surface area contributed by atoms with Crippen LogP contribution in [0.15, 0.2) is 58.3 Å². The van der Waals surface area contributed by atoms with E-state index in [1.54, 1.807) is 0 Å². The van der Waals surface area contributed by atoms with Gasteiger partial charge in [-0.2, -0.15) is 0 Å². The number of benzene rings is 2. The molecule has 13 nitrogen and oxygen atoms in total. The highest BCUT2D eigenvalue weighted by Crippen LogP contribution is 2.24. The molecule has 0 saturated carbocycles. The normalized spacial score (nSPS) is 11.3. The molecule has 32 heavy (non-hydrogen) atoms. The molecule has 0 saturated heterocycles. The summed E-state index contributed by atoms with van der Waals surface area (Å²) in [7, 11) is -7.44. The molecule has 2 rings (SSSR count). The fourth-order valence-electron chi connectivity index (χ4n) is 2.42. The van der Waals surface area contributed by atoms with Gasteiger partial charge in [-0.25, -0.2) is 31.2 Å². The van der Waals surface area contributed by atoms with Crippen molar-refractivity contribution in [1.29, 1.82) is 0 Å². The zero-order valence-electron chi connectivity index (χ0n) is 16.7. The van der Waals surface area contributed by atoms with Crippen molar-refractivity contribution >= 4 is 38.1 Å². The number of hydrogen-bond donors (Lipinski definition) is 2. The SMILES string of the molecule is COc1ccc(S(=O)(=O)N(C(N)=O)C(=O)N(C(N)=O)S(=O)(=O)c2ccc(OC)cc2)cc1. The maximum absolute atomic E-state index is 12.9.